The Hall–Kier alpha value is -4.14. The fourth-order valence-electron chi connectivity index (χ4n) is 4.43. The molecule has 9 nitrogen and oxygen atoms in total. The lowest BCUT2D eigenvalue weighted by molar-refractivity contribution is -0.142. The highest BCUT2D eigenvalue weighted by Crippen LogP contribution is 2.44. The fraction of sp³-hybridized carbons (Fsp3) is 0.308. The maximum absolute atomic E-state index is 12.9. The smallest absolute Gasteiger partial charge is 0.407 e. The van der Waals surface area contributed by atoms with Crippen LogP contribution in [0.25, 0.3) is 11.1 Å². The van der Waals surface area contributed by atoms with Crippen molar-refractivity contribution in [3.63, 3.8) is 0 Å². The summed E-state index contributed by atoms with van der Waals surface area (Å²) in [6.07, 6.45) is 3.23. The highest BCUT2D eigenvalue weighted by Gasteiger charge is 2.31. The van der Waals surface area contributed by atoms with Crippen LogP contribution in [0.2, 0.25) is 0 Å². The van der Waals surface area contributed by atoms with Crippen molar-refractivity contribution < 1.29 is 24.2 Å². The van der Waals surface area contributed by atoms with Crippen LogP contribution in [0.3, 0.4) is 0 Å². The second kappa shape index (κ2) is 10.9. The molecule has 1 aliphatic carbocycles. The molecule has 0 saturated heterocycles. The highest BCUT2D eigenvalue weighted by atomic mass is 16.5. The molecule has 0 saturated carbocycles. The number of nitrogens with one attached hydrogen (secondary N) is 3. The van der Waals surface area contributed by atoms with Crippen LogP contribution in [0.15, 0.2) is 61.1 Å². The Bertz CT molecular complexity index is 1150. The van der Waals surface area contributed by atoms with Crippen LogP contribution in [-0.4, -0.2) is 51.7 Å². The molecule has 0 bridgehead atoms. The first-order valence-electron chi connectivity index (χ1n) is 11.6. The van der Waals surface area contributed by atoms with E-state index in [0.717, 1.165) is 22.3 Å². The van der Waals surface area contributed by atoms with E-state index in [1.165, 1.54) is 6.33 Å². The van der Waals surface area contributed by atoms with Crippen molar-refractivity contribution in [1.29, 1.82) is 0 Å². The first-order chi connectivity index (χ1) is 17.0. The minimum atomic E-state index is -1.12. The molecule has 0 radical (unpaired) electrons. The van der Waals surface area contributed by atoms with Gasteiger partial charge >= 0.3 is 12.1 Å². The zero-order valence-electron chi connectivity index (χ0n) is 19.4. The van der Waals surface area contributed by atoms with Gasteiger partial charge < -0.3 is 25.5 Å². The lowest BCUT2D eigenvalue weighted by Gasteiger charge is -2.21. The quantitative estimate of drug-likeness (QED) is 0.355. The minimum Gasteiger partial charge on any atom is -0.480 e. The van der Waals surface area contributed by atoms with Crippen molar-refractivity contribution in [2.24, 2.45) is 0 Å². The third kappa shape index (κ3) is 5.51. The van der Waals surface area contributed by atoms with E-state index in [9.17, 15) is 19.5 Å². The summed E-state index contributed by atoms with van der Waals surface area (Å²) in [5, 5.41) is 14.5. The molecule has 4 N–H and O–H groups in total. The number of benzene rings is 2. The number of hydrogen-bond acceptors (Lipinski definition) is 5. The van der Waals surface area contributed by atoms with E-state index < -0.39 is 30.1 Å². The van der Waals surface area contributed by atoms with Crippen LogP contribution in [0.5, 0.6) is 0 Å². The van der Waals surface area contributed by atoms with Crippen molar-refractivity contribution >= 4 is 18.0 Å². The summed E-state index contributed by atoms with van der Waals surface area (Å²) in [5.41, 5.74) is 5.01. The minimum absolute atomic E-state index is 0.103. The van der Waals surface area contributed by atoms with E-state index >= 15 is 0 Å². The van der Waals surface area contributed by atoms with Crippen LogP contribution >= 0.6 is 0 Å². The van der Waals surface area contributed by atoms with E-state index in [0.29, 0.717) is 12.1 Å². The Balaban J connectivity index is 1.44. The number of amides is 2. The lowest BCUT2D eigenvalue weighted by Crippen LogP contribution is -2.52. The Kier molecular flexibility index (Phi) is 7.45. The number of rotatable bonds is 10. The van der Waals surface area contributed by atoms with Crippen molar-refractivity contribution in [3.05, 3.63) is 77.9 Å². The molecule has 1 unspecified atom stereocenters. The molecular weight excluding hydrogens is 448 g/mol. The predicted molar refractivity (Wildman–Crippen MR) is 129 cm³/mol. The summed E-state index contributed by atoms with van der Waals surface area (Å²) in [7, 11) is 0. The largest absolute Gasteiger partial charge is 0.480 e. The third-order valence-corrected chi connectivity index (χ3v) is 6.12. The Labute approximate surface area is 202 Å². The van der Waals surface area contributed by atoms with Crippen LogP contribution in [0.4, 0.5) is 4.79 Å². The number of carboxylic acid groups (broad SMARTS) is 1. The van der Waals surface area contributed by atoms with Gasteiger partial charge in [0.2, 0.25) is 5.91 Å². The molecule has 9 heteroatoms. The summed E-state index contributed by atoms with van der Waals surface area (Å²) in [4.78, 5) is 44.0. The standard InChI is InChI=1S/C26H28N4O5/c1-2-7-22(25(32)33)29-24(31)23(12-16-13-27-15-28-16)30-26(34)35-14-21-19-10-5-3-8-17(19)18-9-4-6-11-20(18)21/h3-6,8-11,13,15,21-23H,2,7,12,14H2,1H3,(H,27,28)(H,29,31)(H,30,34)(H,32,33)/t22-,23?/m1/s1. The van der Waals surface area contributed by atoms with Gasteiger partial charge in [0, 0.05) is 24.2 Å². The number of carbonyl (C=O) groups is 3. The molecule has 4 rings (SSSR count). The third-order valence-electron chi connectivity index (χ3n) is 6.12. The number of carboxylic acids is 1. The second-order valence-electron chi connectivity index (χ2n) is 8.49. The van der Waals surface area contributed by atoms with Gasteiger partial charge in [-0.2, -0.15) is 0 Å². The topological polar surface area (TPSA) is 133 Å². The van der Waals surface area contributed by atoms with Gasteiger partial charge in [-0.05, 0) is 28.7 Å². The molecule has 1 aromatic heterocycles. The summed E-state index contributed by atoms with van der Waals surface area (Å²) in [6, 6.07) is 13.9. The summed E-state index contributed by atoms with van der Waals surface area (Å²) >= 11 is 0. The number of aromatic nitrogens is 2. The summed E-state index contributed by atoms with van der Waals surface area (Å²) in [5.74, 6) is -1.84. The van der Waals surface area contributed by atoms with E-state index in [2.05, 4.69) is 20.6 Å². The SMILES string of the molecule is CCC[C@@H](NC(=O)C(Cc1cnc[nH]1)NC(=O)OCC1c2ccccc2-c2ccccc21)C(=O)O. The van der Waals surface area contributed by atoms with Gasteiger partial charge in [-0.3, -0.25) is 4.79 Å². The van der Waals surface area contributed by atoms with E-state index in [1.807, 2.05) is 55.5 Å². The Morgan fingerprint density at radius 1 is 1.03 bits per heavy atom. The van der Waals surface area contributed by atoms with Crippen molar-refractivity contribution in [1.82, 2.24) is 20.6 Å². The van der Waals surface area contributed by atoms with Crippen LogP contribution in [-0.2, 0) is 20.7 Å². The molecule has 1 heterocycles. The van der Waals surface area contributed by atoms with Crippen molar-refractivity contribution in [2.75, 3.05) is 6.61 Å². The van der Waals surface area contributed by atoms with Crippen LogP contribution < -0.4 is 10.6 Å². The molecule has 35 heavy (non-hydrogen) atoms. The first-order valence-corrected chi connectivity index (χ1v) is 11.6. The van der Waals surface area contributed by atoms with E-state index in [-0.39, 0.29) is 25.4 Å². The number of aromatic amines is 1. The average molecular weight is 477 g/mol. The number of ether oxygens (including phenoxy) is 1. The van der Waals surface area contributed by atoms with Gasteiger partial charge in [0.1, 0.15) is 18.7 Å². The Morgan fingerprint density at radius 2 is 1.69 bits per heavy atom. The zero-order chi connectivity index (χ0) is 24.8. The second-order valence-corrected chi connectivity index (χ2v) is 8.49. The fourth-order valence-corrected chi connectivity index (χ4v) is 4.43. The number of H-pyrrole nitrogens is 1. The number of hydrogen-bond donors (Lipinski definition) is 4. The van der Waals surface area contributed by atoms with Crippen LogP contribution in [0, 0.1) is 0 Å². The molecular formula is C26H28N4O5. The number of carbonyl (C=O) groups excluding carboxylic acids is 2. The van der Waals surface area contributed by atoms with E-state index in [4.69, 9.17) is 4.74 Å². The summed E-state index contributed by atoms with van der Waals surface area (Å²) in [6.45, 7) is 1.94. The average Bonchev–Trinajstić information content (AvgIpc) is 3.48. The lowest BCUT2D eigenvalue weighted by atomic mass is 9.98. The first kappa shape index (κ1) is 24.0. The van der Waals surface area contributed by atoms with Gasteiger partial charge in [-0.15, -0.1) is 0 Å². The van der Waals surface area contributed by atoms with Gasteiger partial charge in [0.05, 0.1) is 6.33 Å². The zero-order valence-corrected chi connectivity index (χ0v) is 19.4. The highest BCUT2D eigenvalue weighted by molar-refractivity contribution is 5.89. The molecule has 1 aliphatic rings. The molecule has 3 aromatic rings. The van der Waals surface area contributed by atoms with Crippen LogP contribution in [0.1, 0.15) is 42.5 Å². The van der Waals surface area contributed by atoms with Gasteiger partial charge in [0.15, 0.2) is 0 Å². The molecule has 2 atom stereocenters. The molecule has 2 aromatic carbocycles. The van der Waals surface area contributed by atoms with Gasteiger partial charge in [-0.1, -0.05) is 61.9 Å². The summed E-state index contributed by atoms with van der Waals surface area (Å²) < 4.78 is 5.57. The molecule has 2 amide bonds. The molecule has 0 spiro atoms. The molecule has 182 valence electrons. The Morgan fingerprint density at radius 3 is 2.26 bits per heavy atom. The van der Waals surface area contributed by atoms with Gasteiger partial charge in [-0.25, -0.2) is 14.6 Å². The maximum Gasteiger partial charge on any atom is 0.407 e. The number of nitrogens with zero attached hydrogens (tertiary/aromatic N) is 1. The predicted octanol–water partition coefficient (Wildman–Crippen LogP) is 3.23. The molecule has 0 aliphatic heterocycles. The number of alkyl carbamates (subject to hydrolysis) is 1. The van der Waals surface area contributed by atoms with Crippen molar-refractivity contribution in [2.45, 2.75) is 44.2 Å². The number of aliphatic carboxylic acids is 1. The van der Waals surface area contributed by atoms with E-state index in [1.54, 1.807) is 6.20 Å². The number of imidazole rings is 1. The van der Waals surface area contributed by atoms with Gasteiger partial charge in [0.25, 0.3) is 0 Å². The molecule has 0 fully saturated rings. The number of fused-ring (bicyclic) bond motifs is 3. The maximum atomic E-state index is 12.9. The monoisotopic (exact) mass is 476 g/mol. The van der Waals surface area contributed by atoms with Crippen molar-refractivity contribution in [3.8, 4) is 11.1 Å². The normalized spacial score (nSPS) is 13.9.